The molecule has 0 aliphatic carbocycles. The number of nitrogens with one attached hydrogen (secondary N) is 1. The number of ketones is 1. The number of hydrogen-bond acceptors (Lipinski definition) is 6. The van der Waals surface area contributed by atoms with Gasteiger partial charge in [-0.1, -0.05) is 48.5 Å². The molecular weight excluding hydrogens is 374 g/mol. The third-order valence-corrected chi connectivity index (χ3v) is 5.16. The SMILES string of the molecule is Nc1nccc(Nc2ccc3c(c2)C(C(=O)Cc2ccc4ccccc4c2)=NC3)n1. The first-order valence-electron chi connectivity index (χ1n) is 9.70. The third kappa shape index (κ3) is 3.51. The standard InChI is InChI=1S/C24H19N5O/c25-24-26-10-9-22(29-24)28-19-8-7-18-14-27-23(20(18)13-19)21(30)12-15-5-6-16-3-1-2-4-17(16)11-15/h1-11,13H,12,14H2,(H3,25,26,28,29). The van der Waals surface area contributed by atoms with Gasteiger partial charge in [-0.3, -0.25) is 9.79 Å². The molecule has 1 aromatic heterocycles. The lowest BCUT2D eigenvalue weighted by Crippen LogP contribution is -2.16. The van der Waals surface area contributed by atoms with E-state index in [0.29, 0.717) is 24.5 Å². The Labute approximate surface area is 173 Å². The Kier molecular flexibility index (Phi) is 4.44. The van der Waals surface area contributed by atoms with E-state index in [-0.39, 0.29) is 11.7 Å². The van der Waals surface area contributed by atoms with Crippen LogP contribution in [0.5, 0.6) is 0 Å². The van der Waals surface area contributed by atoms with E-state index in [4.69, 9.17) is 5.73 Å². The summed E-state index contributed by atoms with van der Waals surface area (Å²) >= 11 is 0. The summed E-state index contributed by atoms with van der Waals surface area (Å²) in [6.07, 6.45) is 1.92. The normalized spacial score (nSPS) is 12.5. The number of nitrogens with zero attached hydrogens (tertiary/aromatic N) is 3. The molecule has 4 aromatic rings. The summed E-state index contributed by atoms with van der Waals surface area (Å²) < 4.78 is 0. The van der Waals surface area contributed by atoms with Crippen LogP contribution in [-0.4, -0.2) is 21.5 Å². The zero-order valence-electron chi connectivity index (χ0n) is 16.2. The maximum atomic E-state index is 13.0. The molecule has 2 heterocycles. The molecule has 0 radical (unpaired) electrons. The van der Waals surface area contributed by atoms with Crippen molar-refractivity contribution in [1.82, 2.24) is 9.97 Å². The number of rotatable bonds is 5. The first-order chi connectivity index (χ1) is 14.7. The average Bonchev–Trinajstić information content (AvgIpc) is 3.17. The summed E-state index contributed by atoms with van der Waals surface area (Å²) in [6.45, 7) is 0.523. The molecule has 0 atom stereocenters. The fraction of sp³-hybridized carbons (Fsp3) is 0.0833. The lowest BCUT2D eigenvalue weighted by Gasteiger charge is -2.09. The lowest BCUT2D eigenvalue weighted by molar-refractivity contribution is -0.112. The Morgan fingerprint density at radius 2 is 1.87 bits per heavy atom. The zero-order chi connectivity index (χ0) is 20.5. The molecule has 0 saturated heterocycles. The number of hydrogen-bond donors (Lipinski definition) is 2. The Morgan fingerprint density at radius 1 is 1.00 bits per heavy atom. The maximum Gasteiger partial charge on any atom is 0.221 e. The number of benzene rings is 3. The van der Waals surface area contributed by atoms with Gasteiger partial charge >= 0.3 is 0 Å². The van der Waals surface area contributed by atoms with Gasteiger partial charge in [-0.05, 0) is 40.1 Å². The largest absolute Gasteiger partial charge is 0.368 e. The molecule has 0 saturated carbocycles. The number of anilines is 3. The first kappa shape index (κ1) is 18.0. The van der Waals surface area contributed by atoms with Crippen molar-refractivity contribution in [2.45, 2.75) is 13.0 Å². The van der Waals surface area contributed by atoms with Crippen LogP contribution in [0.1, 0.15) is 16.7 Å². The number of aliphatic imine (C=N–C) groups is 1. The summed E-state index contributed by atoms with van der Waals surface area (Å²) in [6, 6.07) is 21.9. The summed E-state index contributed by atoms with van der Waals surface area (Å²) in [7, 11) is 0. The van der Waals surface area contributed by atoms with Crippen molar-refractivity contribution in [1.29, 1.82) is 0 Å². The molecule has 3 aromatic carbocycles. The summed E-state index contributed by atoms with van der Waals surface area (Å²) in [5, 5.41) is 5.50. The van der Waals surface area contributed by atoms with Crippen molar-refractivity contribution < 1.29 is 4.79 Å². The van der Waals surface area contributed by atoms with E-state index in [1.54, 1.807) is 12.3 Å². The van der Waals surface area contributed by atoms with Gasteiger partial charge in [0.05, 0.1) is 6.54 Å². The highest BCUT2D eigenvalue weighted by molar-refractivity contribution is 6.47. The van der Waals surface area contributed by atoms with E-state index >= 15 is 0 Å². The second kappa shape index (κ2) is 7.40. The minimum atomic E-state index is 0.0208. The minimum absolute atomic E-state index is 0.0208. The number of nitrogens with two attached hydrogens (primary N) is 1. The molecule has 1 aliphatic rings. The van der Waals surface area contributed by atoms with Crippen LogP contribution >= 0.6 is 0 Å². The van der Waals surface area contributed by atoms with Crippen LogP contribution in [0.3, 0.4) is 0 Å². The van der Waals surface area contributed by atoms with Gasteiger partial charge in [0.15, 0.2) is 5.78 Å². The molecule has 146 valence electrons. The topological polar surface area (TPSA) is 93.3 Å². The monoisotopic (exact) mass is 393 g/mol. The fourth-order valence-corrected chi connectivity index (χ4v) is 3.71. The molecule has 0 amide bonds. The molecule has 6 heteroatoms. The van der Waals surface area contributed by atoms with Crippen LogP contribution in [0.15, 0.2) is 77.9 Å². The van der Waals surface area contributed by atoms with E-state index in [1.807, 2.05) is 36.4 Å². The first-order valence-corrected chi connectivity index (χ1v) is 9.70. The van der Waals surface area contributed by atoms with Crippen molar-refractivity contribution >= 4 is 39.7 Å². The predicted octanol–water partition coefficient (Wildman–Crippen LogP) is 4.07. The van der Waals surface area contributed by atoms with Crippen LogP contribution in [-0.2, 0) is 17.8 Å². The van der Waals surface area contributed by atoms with Gasteiger partial charge in [0.25, 0.3) is 0 Å². The molecule has 0 unspecified atom stereocenters. The van der Waals surface area contributed by atoms with Gasteiger partial charge in [-0.15, -0.1) is 0 Å². The molecule has 0 spiro atoms. The van der Waals surface area contributed by atoms with Gasteiger partial charge in [0.1, 0.15) is 11.5 Å². The Morgan fingerprint density at radius 3 is 2.73 bits per heavy atom. The summed E-state index contributed by atoms with van der Waals surface area (Å²) in [4.78, 5) is 25.6. The quantitative estimate of drug-likeness (QED) is 0.533. The average molecular weight is 393 g/mol. The predicted molar refractivity (Wildman–Crippen MR) is 119 cm³/mol. The molecule has 30 heavy (non-hydrogen) atoms. The van der Waals surface area contributed by atoms with Crippen molar-refractivity contribution in [2.75, 3.05) is 11.1 Å². The number of fused-ring (bicyclic) bond motifs is 2. The molecule has 1 aliphatic heterocycles. The molecular formula is C24H19N5O. The van der Waals surface area contributed by atoms with Gasteiger partial charge in [0.2, 0.25) is 5.95 Å². The summed E-state index contributed by atoms with van der Waals surface area (Å²) in [5.74, 6) is 0.822. The molecule has 0 fully saturated rings. The molecule has 0 bridgehead atoms. The second-order valence-electron chi connectivity index (χ2n) is 7.24. The lowest BCUT2D eigenvalue weighted by atomic mass is 9.97. The highest BCUT2D eigenvalue weighted by Gasteiger charge is 2.22. The molecule has 5 rings (SSSR count). The van der Waals surface area contributed by atoms with Crippen LogP contribution in [0.25, 0.3) is 10.8 Å². The highest BCUT2D eigenvalue weighted by Crippen LogP contribution is 2.26. The van der Waals surface area contributed by atoms with Crippen LogP contribution in [0.2, 0.25) is 0 Å². The fourth-order valence-electron chi connectivity index (χ4n) is 3.71. The van der Waals surface area contributed by atoms with E-state index in [0.717, 1.165) is 27.8 Å². The minimum Gasteiger partial charge on any atom is -0.368 e. The van der Waals surface area contributed by atoms with E-state index in [2.05, 4.69) is 44.5 Å². The summed E-state index contributed by atoms with van der Waals surface area (Å²) in [5.41, 5.74) is 9.90. The van der Waals surface area contributed by atoms with Crippen LogP contribution < -0.4 is 11.1 Å². The van der Waals surface area contributed by atoms with Crippen molar-refractivity contribution in [3.63, 3.8) is 0 Å². The Hall–Kier alpha value is -4.06. The van der Waals surface area contributed by atoms with Crippen LogP contribution in [0, 0.1) is 0 Å². The van der Waals surface area contributed by atoms with Gasteiger partial charge in [0, 0.05) is 23.9 Å². The number of aromatic nitrogens is 2. The Balaban J connectivity index is 1.38. The van der Waals surface area contributed by atoms with E-state index in [1.165, 1.54) is 5.39 Å². The number of carbonyl (C=O) groups is 1. The van der Waals surface area contributed by atoms with Gasteiger partial charge < -0.3 is 11.1 Å². The van der Waals surface area contributed by atoms with E-state index in [9.17, 15) is 4.79 Å². The van der Waals surface area contributed by atoms with E-state index < -0.39 is 0 Å². The number of nitrogen functional groups attached to an aromatic ring is 1. The smallest absolute Gasteiger partial charge is 0.221 e. The zero-order valence-corrected chi connectivity index (χ0v) is 16.2. The number of carbonyl (C=O) groups excluding carboxylic acids is 1. The Bertz CT molecular complexity index is 1310. The number of Topliss-reactive ketones (excluding diaryl/α,β-unsaturated/α-hetero) is 1. The molecule has 3 N–H and O–H groups in total. The van der Waals surface area contributed by atoms with Gasteiger partial charge in [-0.2, -0.15) is 4.98 Å². The maximum absolute atomic E-state index is 13.0. The molecule has 6 nitrogen and oxygen atoms in total. The van der Waals surface area contributed by atoms with Gasteiger partial charge in [-0.25, -0.2) is 4.98 Å². The van der Waals surface area contributed by atoms with Crippen molar-refractivity contribution in [3.8, 4) is 0 Å². The highest BCUT2D eigenvalue weighted by atomic mass is 16.1. The van der Waals surface area contributed by atoms with Crippen molar-refractivity contribution in [3.05, 3.63) is 89.6 Å². The van der Waals surface area contributed by atoms with Crippen molar-refractivity contribution in [2.24, 2.45) is 4.99 Å². The third-order valence-electron chi connectivity index (χ3n) is 5.16. The second-order valence-corrected chi connectivity index (χ2v) is 7.24. The van der Waals surface area contributed by atoms with Crippen LogP contribution in [0.4, 0.5) is 17.5 Å².